The lowest BCUT2D eigenvalue weighted by Gasteiger charge is -2.25. The molecule has 0 aliphatic rings. The van der Waals surface area contributed by atoms with E-state index in [-0.39, 0.29) is 35.2 Å². The highest BCUT2D eigenvalue weighted by atomic mass is 16.5. The summed E-state index contributed by atoms with van der Waals surface area (Å²) in [5.41, 5.74) is 0.461. The van der Waals surface area contributed by atoms with E-state index in [2.05, 4.69) is 85.8 Å². The van der Waals surface area contributed by atoms with Gasteiger partial charge in [0, 0.05) is 13.1 Å². The van der Waals surface area contributed by atoms with E-state index in [0.717, 1.165) is 78.0 Å². The summed E-state index contributed by atoms with van der Waals surface area (Å²) >= 11 is 0. The monoisotopic (exact) mass is 725 g/mol. The molecule has 0 aromatic heterocycles. The Morgan fingerprint density at radius 2 is 0.882 bits per heavy atom. The summed E-state index contributed by atoms with van der Waals surface area (Å²) in [5.74, 6) is -0.317. The molecule has 1 aromatic carbocycles. The van der Waals surface area contributed by atoms with E-state index in [1.165, 1.54) is 7.11 Å². The Morgan fingerprint density at radius 3 is 1.18 bits per heavy atom. The maximum Gasteiger partial charge on any atom is 0.342 e. The standard InChI is InChI=1S/C37H70N6O6.C2H6/c1-31(2)30-49-37(45)33-29-34(47-26-24-42(20-12-16-38(3)4)21-13-17-39(5)6)32(36(44)46-11)28-35(33)48-27-25-43(22-14-18-40(7)8)23-15-19-41(9)10;1-2/h28-29,31H,12-27,30H2,1-11H3;1-2H3. The van der Waals surface area contributed by atoms with Crippen molar-refractivity contribution in [1.29, 1.82) is 0 Å². The number of hydrogen-bond donors (Lipinski definition) is 0. The number of methoxy groups -OCH3 is 1. The largest absolute Gasteiger partial charge is 0.491 e. The minimum absolute atomic E-state index is 0.169. The maximum atomic E-state index is 13.4. The highest BCUT2D eigenvalue weighted by Crippen LogP contribution is 2.31. The normalized spacial score (nSPS) is 11.6. The molecule has 0 fully saturated rings. The van der Waals surface area contributed by atoms with Gasteiger partial charge in [-0.3, -0.25) is 9.80 Å². The van der Waals surface area contributed by atoms with Crippen molar-refractivity contribution in [3.05, 3.63) is 23.3 Å². The topological polar surface area (TPSA) is 90.5 Å². The second-order valence-corrected chi connectivity index (χ2v) is 14.3. The Kier molecular flexibility index (Phi) is 27.6. The number of rotatable bonds is 28. The molecule has 0 saturated heterocycles. The second kappa shape index (κ2) is 29.0. The first-order chi connectivity index (χ1) is 24.2. The summed E-state index contributed by atoms with van der Waals surface area (Å²) in [7, 11) is 18.0. The molecule has 0 aliphatic heterocycles. The third-order valence-electron chi connectivity index (χ3n) is 7.90. The van der Waals surface area contributed by atoms with Crippen molar-refractivity contribution >= 4 is 11.9 Å². The lowest BCUT2D eigenvalue weighted by Crippen LogP contribution is -2.33. The molecular formula is C39H76N6O6. The fraction of sp³-hybridized carbons (Fsp3) is 0.795. The van der Waals surface area contributed by atoms with Crippen molar-refractivity contribution in [3.8, 4) is 11.5 Å². The highest BCUT2D eigenvalue weighted by molar-refractivity contribution is 5.98. The van der Waals surface area contributed by atoms with E-state index in [4.69, 9.17) is 18.9 Å². The molecule has 298 valence electrons. The van der Waals surface area contributed by atoms with Crippen molar-refractivity contribution in [2.24, 2.45) is 5.92 Å². The minimum Gasteiger partial charge on any atom is -0.491 e. The zero-order valence-corrected chi connectivity index (χ0v) is 34.9. The van der Waals surface area contributed by atoms with E-state index >= 15 is 0 Å². The van der Waals surface area contributed by atoms with Gasteiger partial charge in [0.15, 0.2) is 0 Å². The van der Waals surface area contributed by atoms with Crippen molar-refractivity contribution in [1.82, 2.24) is 29.4 Å². The Morgan fingerprint density at radius 1 is 0.549 bits per heavy atom. The number of carbonyl (C=O) groups excluding carboxylic acids is 2. The number of nitrogens with zero attached hydrogens (tertiary/aromatic N) is 6. The fourth-order valence-corrected chi connectivity index (χ4v) is 5.23. The molecule has 0 saturated carbocycles. The Balaban J connectivity index is 0.0000123. The molecule has 0 bridgehead atoms. The average molecular weight is 725 g/mol. The average Bonchev–Trinajstić information content (AvgIpc) is 3.06. The molecule has 1 aromatic rings. The quantitative estimate of drug-likeness (QED) is 0.114. The Labute approximate surface area is 312 Å². The van der Waals surface area contributed by atoms with Crippen LogP contribution in [-0.4, -0.2) is 190 Å². The molecule has 0 aliphatic carbocycles. The van der Waals surface area contributed by atoms with Crippen molar-refractivity contribution < 1.29 is 28.5 Å². The van der Waals surface area contributed by atoms with Crippen LogP contribution in [0.2, 0.25) is 0 Å². The van der Waals surface area contributed by atoms with E-state index in [1.54, 1.807) is 12.1 Å². The van der Waals surface area contributed by atoms with Gasteiger partial charge in [-0.2, -0.15) is 0 Å². The van der Waals surface area contributed by atoms with Gasteiger partial charge >= 0.3 is 11.9 Å². The van der Waals surface area contributed by atoms with E-state index in [1.807, 2.05) is 27.7 Å². The summed E-state index contributed by atoms with van der Waals surface area (Å²) < 4.78 is 23.3. The molecule has 12 heteroatoms. The molecular weight excluding hydrogens is 648 g/mol. The van der Waals surface area contributed by atoms with Crippen LogP contribution in [0.3, 0.4) is 0 Å². The first-order valence-corrected chi connectivity index (χ1v) is 19.0. The predicted molar refractivity (Wildman–Crippen MR) is 211 cm³/mol. The van der Waals surface area contributed by atoms with Crippen LogP contribution in [0.15, 0.2) is 12.1 Å². The molecule has 0 radical (unpaired) electrons. The summed E-state index contributed by atoms with van der Waals surface area (Å²) in [5, 5.41) is 0. The van der Waals surface area contributed by atoms with Gasteiger partial charge in [0.2, 0.25) is 0 Å². The second-order valence-electron chi connectivity index (χ2n) is 14.3. The van der Waals surface area contributed by atoms with Gasteiger partial charge in [0.05, 0.1) is 13.7 Å². The summed E-state index contributed by atoms with van der Waals surface area (Å²) in [6.07, 6.45) is 4.18. The van der Waals surface area contributed by atoms with Crippen LogP contribution in [0.25, 0.3) is 0 Å². The Hall–Kier alpha value is -2.48. The van der Waals surface area contributed by atoms with Crippen LogP contribution in [0, 0.1) is 5.92 Å². The van der Waals surface area contributed by atoms with Crippen molar-refractivity contribution in [3.63, 3.8) is 0 Å². The molecule has 0 spiro atoms. The fourth-order valence-electron chi connectivity index (χ4n) is 5.23. The molecule has 0 N–H and O–H groups in total. The smallest absolute Gasteiger partial charge is 0.342 e. The zero-order valence-electron chi connectivity index (χ0n) is 34.9. The van der Waals surface area contributed by atoms with Crippen LogP contribution >= 0.6 is 0 Å². The van der Waals surface area contributed by atoms with Gasteiger partial charge in [-0.05, 0) is 152 Å². The number of ether oxygens (including phenoxy) is 4. The van der Waals surface area contributed by atoms with Crippen LogP contribution in [0.1, 0.15) is 74.1 Å². The van der Waals surface area contributed by atoms with Gasteiger partial charge in [-0.15, -0.1) is 0 Å². The summed E-state index contributed by atoms with van der Waals surface area (Å²) in [6, 6.07) is 3.15. The maximum absolute atomic E-state index is 13.4. The van der Waals surface area contributed by atoms with Crippen LogP contribution in [0.5, 0.6) is 11.5 Å². The molecule has 0 unspecified atom stereocenters. The predicted octanol–water partition coefficient (Wildman–Crippen LogP) is 4.48. The third kappa shape index (κ3) is 23.7. The van der Waals surface area contributed by atoms with E-state index in [9.17, 15) is 9.59 Å². The summed E-state index contributed by atoms with van der Waals surface area (Å²) in [4.78, 5) is 40.0. The number of benzene rings is 1. The lowest BCUT2D eigenvalue weighted by atomic mass is 10.1. The van der Waals surface area contributed by atoms with Gasteiger partial charge in [-0.1, -0.05) is 27.7 Å². The molecule has 1 rings (SSSR count). The first-order valence-electron chi connectivity index (χ1n) is 19.0. The van der Waals surface area contributed by atoms with E-state index in [0.29, 0.717) is 26.3 Å². The SMILES string of the molecule is CC.COC(=O)c1cc(OCCN(CCCN(C)C)CCCN(C)C)c(C(=O)OCC(C)C)cc1OCCN(CCCN(C)C)CCCN(C)C. The van der Waals surface area contributed by atoms with Crippen molar-refractivity contribution in [2.75, 3.05) is 149 Å². The van der Waals surface area contributed by atoms with Gasteiger partial charge < -0.3 is 38.5 Å². The summed E-state index contributed by atoms with van der Waals surface area (Å²) in [6.45, 7) is 18.1. The molecule has 0 heterocycles. The third-order valence-corrected chi connectivity index (χ3v) is 7.90. The number of esters is 2. The van der Waals surface area contributed by atoms with Crippen LogP contribution in [-0.2, 0) is 9.47 Å². The zero-order chi connectivity index (χ0) is 38.8. The number of carbonyl (C=O) groups is 2. The number of hydrogen-bond acceptors (Lipinski definition) is 12. The Bertz CT molecular complexity index is 1030. The van der Waals surface area contributed by atoms with E-state index < -0.39 is 11.9 Å². The lowest BCUT2D eigenvalue weighted by molar-refractivity contribution is 0.0451. The van der Waals surface area contributed by atoms with Crippen LogP contribution in [0.4, 0.5) is 0 Å². The molecule has 51 heavy (non-hydrogen) atoms. The molecule has 0 atom stereocenters. The highest BCUT2D eigenvalue weighted by Gasteiger charge is 2.24. The first kappa shape index (κ1) is 48.5. The van der Waals surface area contributed by atoms with Gasteiger partial charge in [0.25, 0.3) is 0 Å². The van der Waals surface area contributed by atoms with Gasteiger partial charge in [0.1, 0.15) is 35.8 Å². The van der Waals surface area contributed by atoms with Gasteiger partial charge in [-0.25, -0.2) is 9.59 Å². The van der Waals surface area contributed by atoms with Crippen LogP contribution < -0.4 is 9.47 Å². The van der Waals surface area contributed by atoms with Crippen molar-refractivity contribution in [2.45, 2.75) is 53.4 Å². The minimum atomic E-state index is -0.551. The molecule has 12 nitrogen and oxygen atoms in total. The molecule has 0 amide bonds.